The third-order valence-corrected chi connectivity index (χ3v) is 4.84. The molecule has 0 aliphatic carbocycles. The minimum Gasteiger partial charge on any atom is -0.387 e. The van der Waals surface area contributed by atoms with Crippen LogP contribution in [0.2, 0.25) is 0 Å². The summed E-state index contributed by atoms with van der Waals surface area (Å²) in [6.45, 7) is 3.97. The summed E-state index contributed by atoms with van der Waals surface area (Å²) in [4.78, 5) is 25.4. The highest BCUT2D eigenvalue weighted by molar-refractivity contribution is 5.85. The number of fused-ring (bicyclic) bond motifs is 1. The Morgan fingerprint density at radius 2 is 2.07 bits per heavy atom. The fraction of sp³-hybridized carbons (Fsp3) is 0.600. The number of aromatic nitrogens is 4. The molecule has 1 aliphatic heterocycles. The normalized spacial score (nSPS) is 23.8. The van der Waals surface area contributed by atoms with Gasteiger partial charge in [0.1, 0.15) is 18.3 Å². The Bertz CT molecular complexity index is 932. The summed E-state index contributed by atoms with van der Waals surface area (Å²) < 4.78 is 7.25. The molecule has 2 aromatic rings. The predicted octanol–water partition coefficient (Wildman–Crippen LogP) is 1.40. The molecule has 9 nitrogen and oxygen atoms in total. The summed E-state index contributed by atoms with van der Waals surface area (Å²) >= 11 is 0. The number of nitrogens with one attached hydrogen (secondary N) is 1. The lowest BCUT2D eigenvalue weighted by molar-refractivity contribution is -0.135. The molecule has 29 heavy (non-hydrogen) atoms. The van der Waals surface area contributed by atoms with E-state index in [1.165, 1.54) is 10.9 Å². The lowest BCUT2D eigenvalue weighted by Gasteiger charge is -2.16. The molecular weight excluding hydrogens is 374 g/mol. The molecule has 2 aromatic heterocycles. The van der Waals surface area contributed by atoms with Gasteiger partial charge in [-0.1, -0.05) is 26.2 Å². The predicted molar refractivity (Wildman–Crippen MR) is 107 cm³/mol. The van der Waals surface area contributed by atoms with Gasteiger partial charge in [-0.25, -0.2) is 15.0 Å². The lowest BCUT2D eigenvalue weighted by Crippen LogP contribution is -2.35. The van der Waals surface area contributed by atoms with E-state index in [4.69, 9.17) is 4.74 Å². The van der Waals surface area contributed by atoms with Gasteiger partial charge in [-0.15, -0.1) is 0 Å². The first-order chi connectivity index (χ1) is 14.0. The van der Waals surface area contributed by atoms with Crippen molar-refractivity contribution >= 4 is 22.8 Å². The Morgan fingerprint density at radius 3 is 2.76 bits per heavy atom. The molecule has 0 aromatic carbocycles. The van der Waals surface area contributed by atoms with Crippen LogP contribution in [0.4, 0.5) is 5.82 Å². The van der Waals surface area contributed by atoms with Gasteiger partial charge in [0.15, 0.2) is 29.0 Å². The van der Waals surface area contributed by atoms with Crippen LogP contribution in [-0.2, 0) is 9.53 Å². The van der Waals surface area contributed by atoms with Gasteiger partial charge in [0.2, 0.25) is 5.82 Å². The number of hydrogen-bond acceptors (Lipinski definition) is 8. The standard InChI is InChI=1S/C20H27N5O4/c1-4-6-7-8-10-13-23-18(21-3)14-19(24-13)25(11-22-14)20-16(28)15(27)17(29-20)12(26)9-5-2/h11,15-17,20,27-28H,4-7,9H2,1-3H3,(H,21,23,24)/t15-,16+,17-,20?/m1/s1. The Hall–Kier alpha value is -2.54. The van der Waals surface area contributed by atoms with Crippen LogP contribution in [0.1, 0.15) is 58.0 Å². The van der Waals surface area contributed by atoms with E-state index in [2.05, 4.69) is 39.0 Å². The van der Waals surface area contributed by atoms with Gasteiger partial charge < -0.3 is 20.3 Å². The van der Waals surface area contributed by atoms with Crippen LogP contribution in [0.15, 0.2) is 6.33 Å². The van der Waals surface area contributed by atoms with E-state index in [9.17, 15) is 15.0 Å². The van der Waals surface area contributed by atoms with Crippen molar-refractivity contribution in [3.8, 4) is 11.8 Å². The van der Waals surface area contributed by atoms with Crippen molar-refractivity contribution in [1.29, 1.82) is 0 Å². The monoisotopic (exact) mass is 401 g/mol. The van der Waals surface area contributed by atoms with Gasteiger partial charge in [0, 0.05) is 19.9 Å². The highest BCUT2D eigenvalue weighted by Gasteiger charge is 2.47. The van der Waals surface area contributed by atoms with E-state index in [1.54, 1.807) is 7.05 Å². The van der Waals surface area contributed by atoms with Gasteiger partial charge in [0.25, 0.3) is 0 Å². The van der Waals surface area contributed by atoms with Crippen molar-refractivity contribution in [3.63, 3.8) is 0 Å². The number of ether oxygens (including phenoxy) is 1. The minimum atomic E-state index is -1.31. The molecule has 0 radical (unpaired) electrons. The Morgan fingerprint density at radius 1 is 1.28 bits per heavy atom. The van der Waals surface area contributed by atoms with Crippen LogP contribution in [0, 0.1) is 11.8 Å². The van der Waals surface area contributed by atoms with Crippen molar-refractivity contribution < 1.29 is 19.7 Å². The number of carbonyl (C=O) groups is 1. The molecule has 1 unspecified atom stereocenters. The molecule has 3 N–H and O–H groups in total. The molecule has 3 rings (SSSR count). The first-order valence-corrected chi connectivity index (χ1v) is 9.97. The number of hydrogen-bond donors (Lipinski definition) is 3. The number of Topliss-reactive ketones (excluding diaryl/α,β-unsaturated/α-hetero) is 1. The second kappa shape index (κ2) is 9.31. The van der Waals surface area contributed by atoms with E-state index in [0.717, 1.165) is 19.3 Å². The molecule has 0 bridgehead atoms. The zero-order valence-corrected chi connectivity index (χ0v) is 16.9. The SMILES string of the molecule is CCCCC#Cc1nc(NC)c2ncn(C3O[C@H](C(=O)CCC)[C@H](O)[C@@H]3O)c2n1. The number of rotatable bonds is 7. The number of unbranched alkanes of at least 4 members (excludes halogenated alkanes) is 2. The fourth-order valence-corrected chi connectivity index (χ4v) is 3.28. The first-order valence-electron chi connectivity index (χ1n) is 9.97. The van der Waals surface area contributed by atoms with Crippen molar-refractivity contribution in [3.05, 3.63) is 12.2 Å². The summed E-state index contributed by atoms with van der Waals surface area (Å²) in [5, 5.41) is 23.8. The van der Waals surface area contributed by atoms with E-state index in [1.807, 2.05) is 6.92 Å². The van der Waals surface area contributed by atoms with Gasteiger partial charge in [0.05, 0.1) is 6.33 Å². The summed E-state index contributed by atoms with van der Waals surface area (Å²) in [6, 6.07) is 0. The first kappa shape index (κ1) is 21.2. The molecule has 4 atom stereocenters. The minimum absolute atomic E-state index is 0.237. The molecule has 1 aliphatic rings. The summed E-state index contributed by atoms with van der Waals surface area (Å²) in [5.41, 5.74) is 0.893. The molecule has 9 heteroatoms. The van der Waals surface area contributed by atoms with Crippen LogP contribution < -0.4 is 5.32 Å². The molecule has 156 valence electrons. The summed E-state index contributed by atoms with van der Waals surface area (Å²) in [7, 11) is 1.72. The second-order valence-electron chi connectivity index (χ2n) is 7.02. The van der Waals surface area contributed by atoms with Crippen LogP contribution in [0.3, 0.4) is 0 Å². The summed E-state index contributed by atoms with van der Waals surface area (Å²) in [5.74, 6) is 6.60. The average Bonchev–Trinajstić information content (AvgIpc) is 3.26. The van der Waals surface area contributed by atoms with E-state index in [-0.39, 0.29) is 12.2 Å². The molecule has 1 saturated heterocycles. The maximum absolute atomic E-state index is 12.2. The van der Waals surface area contributed by atoms with Crippen LogP contribution >= 0.6 is 0 Å². The number of aliphatic hydroxyl groups excluding tert-OH is 2. The smallest absolute Gasteiger partial charge is 0.208 e. The maximum atomic E-state index is 12.2. The quantitative estimate of drug-likeness (QED) is 0.470. The third kappa shape index (κ3) is 4.24. The van der Waals surface area contributed by atoms with Crippen LogP contribution in [0.5, 0.6) is 0 Å². The van der Waals surface area contributed by atoms with Crippen molar-refractivity contribution in [2.45, 2.75) is 70.5 Å². The second-order valence-corrected chi connectivity index (χ2v) is 7.02. The van der Waals surface area contributed by atoms with Crippen molar-refractivity contribution in [2.24, 2.45) is 0 Å². The third-order valence-electron chi connectivity index (χ3n) is 4.84. The molecule has 3 heterocycles. The molecule has 0 spiro atoms. The van der Waals surface area contributed by atoms with Crippen molar-refractivity contribution in [1.82, 2.24) is 19.5 Å². The zero-order chi connectivity index (χ0) is 21.0. The number of ketones is 1. The Balaban J connectivity index is 1.97. The largest absolute Gasteiger partial charge is 0.387 e. The zero-order valence-electron chi connectivity index (χ0n) is 16.9. The van der Waals surface area contributed by atoms with E-state index >= 15 is 0 Å². The highest BCUT2D eigenvalue weighted by Crippen LogP contribution is 2.33. The topological polar surface area (TPSA) is 122 Å². The Labute approximate surface area is 169 Å². The fourth-order valence-electron chi connectivity index (χ4n) is 3.28. The molecule has 0 amide bonds. The van der Waals surface area contributed by atoms with E-state index in [0.29, 0.717) is 29.2 Å². The van der Waals surface area contributed by atoms with Gasteiger partial charge in [-0.05, 0) is 18.8 Å². The molecule has 1 fully saturated rings. The molecule has 0 saturated carbocycles. The number of aliphatic hydroxyl groups is 2. The molecular formula is C20H27N5O4. The Kier molecular flexibility index (Phi) is 6.79. The van der Waals surface area contributed by atoms with Crippen molar-refractivity contribution in [2.75, 3.05) is 12.4 Å². The lowest BCUT2D eigenvalue weighted by atomic mass is 10.0. The number of anilines is 1. The maximum Gasteiger partial charge on any atom is 0.208 e. The highest BCUT2D eigenvalue weighted by atomic mass is 16.6. The van der Waals surface area contributed by atoms with E-state index < -0.39 is 24.5 Å². The van der Waals surface area contributed by atoms with Crippen LogP contribution in [-0.4, -0.2) is 60.9 Å². The van der Waals surface area contributed by atoms with Crippen LogP contribution in [0.25, 0.3) is 11.2 Å². The van der Waals surface area contributed by atoms with Gasteiger partial charge in [-0.2, -0.15) is 0 Å². The number of carbonyl (C=O) groups excluding carboxylic acids is 1. The van der Waals surface area contributed by atoms with Gasteiger partial charge >= 0.3 is 0 Å². The number of nitrogens with zero attached hydrogens (tertiary/aromatic N) is 4. The van der Waals surface area contributed by atoms with Gasteiger partial charge in [-0.3, -0.25) is 9.36 Å². The summed E-state index contributed by atoms with van der Waals surface area (Å²) in [6.07, 6.45) is 0.521. The number of imidazole rings is 1. The average molecular weight is 401 g/mol.